The Balaban J connectivity index is 1.75. The average molecular weight is 537 g/mol. The van der Waals surface area contributed by atoms with Crippen LogP contribution in [0.4, 0.5) is 4.79 Å². The van der Waals surface area contributed by atoms with Crippen LogP contribution in [0.15, 0.2) is 71.3 Å². The van der Waals surface area contributed by atoms with Gasteiger partial charge in [0.15, 0.2) is 11.8 Å². The SMILES string of the molecule is CC(C)CC(NC(=O)O)C(=O)NC(CCc1ccccc1)C(O)c1nc(C(=O)NC(C)c2ccccc2)co1. The van der Waals surface area contributed by atoms with Gasteiger partial charge in [-0.25, -0.2) is 9.78 Å². The number of nitrogens with one attached hydrogen (secondary N) is 3. The zero-order chi connectivity index (χ0) is 28.4. The molecule has 3 rings (SSSR count). The average Bonchev–Trinajstić information content (AvgIpc) is 3.41. The van der Waals surface area contributed by atoms with Gasteiger partial charge in [0.25, 0.3) is 5.91 Å². The first kappa shape index (κ1) is 29.4. The molecular formula is C29H36N4O6. The van der Waals surface area contributed by atoms with E-state index in [2.05, 4.69) is 20.9 Å². The van der Waals surface area contributed by atoms with Gasteiger partial charge in [0, 0.05) is 0 Å². The van der Waals surface area contributed by atoms with Crippen LogP contribution in [-0.4, -0.2) is 45.2 Å². The van der Waals surface area contributed by atoms with Crippen molar-refractivity contribution in [3.8, 4) is 0 Å². The molecule has 0 aliphatic rings. The van der Waals surface area contributed by atoms with Crippen LogP contribution in [-0.2, 0) is 11.2 Å². The van der Waals surface area contributed by atoms with Crippen molar-refractivity contribution in [3.63, 3.8) is 0 Å². The second kappa shape index (κ2) is 14.1. The number of nitrogens with zero attached hydrogens (tertiary/aromatic N) is 1. The van der Waals surface area contributed by atoms with Crippen molar-refractivity contribution in [1.29, 1.82) is 0 Å². The van der Waals surface area contributed by atoms with E-state index in [-0.39, 0.29) is 30.0 Å². The summed E-state index contributed by atoms with van der Waals surface area (Å²) < 4.78 is 5.46. The van der Waals surface area contributed by atoms with Crippen LogP contribution in [0.25, 0.3) is 0 Å². The summed E-state index contributed by atoms with van der Waals surface area (Å²) in [6.07, 6.45) is -0.418. The van der Waals surface area contributed by atoms with Gasteiger partial charge in [-0.3, -0.25) is 9.59 Å². The fraction of sp³-hybridized carbons (Fsp3) is 0.379. The molecule has 2 aromatic carbocycles. The molecular weight excluding hydrogens is 500 g/mol. The van der Waals surface area contributed by atoms with Crippen LogP contribution in [0.2, 0.25) is 0 Å². The number of aromatic nitrogens is 1. The number of carboxylic acid groups (broad SMARTS) is 1. The molecule has 5 N–H and O–H groups in total. The van der Waals surface area contributed by atoms with Crippen molar-refractivity contribution in [3.05, 3.63) is 89.6 Å². The smallest absolute Gasteiger partial charge is 0.405 e. The molecule has 0 bridgehead atoms. The molecule has 0 saturated heterocycles. The Bertz CT molecular complexity index is 1210. The van der Waals surface area contributed by atoms with Crippen LogP contribution >= 0.6 is 0 Å². The Labute approximate surface area is 227 Å². The molecule has 1 heterocycles. The first-order valence-electron chi connectivity index (χ1n) is 13.0. The molecule has 3 amide bonds. The summed E-state index contributed by atoms with van der Waals surface area (Å²) in [7, 11) is 0. The van der Waals surface area contributed by atoms with E-state index in [9.17, 15) is 24.6 Å². The van der Waals surface area contributed by atoms with Gasteiger partial charge >= 0.3 is 6.09 Å². The number of benzene rings is 2. The summed E-state index contributed by atoms with van der Waals surface area (Å²) in [5.41, 5.74) is 1.91. The zero-order valence-electron chi connectivity index (χ0n) is 22.3. The third-order valence-electron chi connectivity index (χ3n) is 6.27. The number of amides is 3. The lowest BCUT2D eigenvalue weighted by Crippen LogP contribution is -2.51. The number of aryl methyl sites for hydroxylation is 1. The Kier molecular flexibility index (Phi) is 10.6. The number of carbonyl (C=O) groups is 3. The molecule has 10 heteroatoms. The van der Waals surface area contributed by atoms with E-state index in [0.29, 0.717) is 12.8 Å². The number of aliphatic hydroxyl groups excluding tert-OH is 1. The molecule has 4 atom stereocenters. The molecule has 3 aromatic rings. The summed E-state index contributed by atoms with van der Waals surface area (Å²) in [5.74, 6) is -1.12. The lowest BCUT2D eigenvalue weighted by Gasteiger charge is -2.26. The van der Waals surface area contributed by atoms with E-state index in [1.807, 2.05) is 81.4 Å². The minimum atomic E-state index is -1.38. The first-order valence-corrected chi connectivity index (χ1v) is 13.0. The van der Waals surface area contributed by atoms with Gasteiger partial charge in [-0.15, -0.1) is 0 Å². The standard InChI is InChI=1S/C29H36N4O6/c1-18(2)16-23(33-29(37)38)26(35)31-22(15-14-20-10-6-4-7-11-20)25(34)28-32-24(17-39-28)27(36)30-19(3)21-12-8-5-9-13-21/h4-13,17-19,22-23,25,33-34H,14-16H2,1-3H3,(H,30,36)(H,31,35)(H,37,38). The maximum atomic E-state index is 13.1. The topological polar surface area (TPSA) is 154 Å². The molecule has 0 spiro atoms. The van der Waals surface area contributed by atoms with Gasteiger partial charge in [-0.2, -0.15) is 0 Å². The highest BCUT2D eigenvalue weighted by Crippen LogP contribution is 2.22. The number of hydrogen-bond acceptors (Lipinski definition) is 6. The fourth-order valence-corrected chi connectivity index (χ4v) is 4.21. The van der Waals surface area contributed by atoms with Crippen LogP contribution in [0.3, 0.4) is 0 Å². The second-order valence-corrected chi connectivity index (χ2v) is 9.89. The number of carbonyl (C=O) groups excluding carboxylic acids is 2. The maximum Gasteiger partial charge on any atom is 0.405 e. The van der Waals surface area contributed by atoms with Gasteiger partial charge < -0.3 is 30.6 Å². The lowest BCUT2D eigenvalue weighted by atomic mass is 9.99. The van der Waals surface area contributed by atoms with E-state index in [1.165, 1.54) is 0 Å². The van der Waals surface area contributed by atoms with E-state index in [4.69, 9.17) is 4.42 Å². The zero-order valence-corrected chi connectivity index (χ0v) is 22.3. The molecule has 0 aliphatic carbocycles. The Morgan fingerprint density at radius 2 is 1.56 bits per heavy atom. The number of oxazole rings is 1. The number of rotatable bonds is 13. The largest absolute Gasteiger partial charge is 0.465 e. The van der Waals surface area contributed by atoms with Crippen molar-refractivity contribution in [1.82, 2.24) is 20.9 Å². The molecule has 0 saturated carbocycles. The predicted molar refractivity (Wildman–Crippen MR) is 145 cm³/mol. The maximum absolute atomic E-state index is 13.1. The molecule has 0 radical (unpaired) electrons. The highest BCUT2D eigenvalue weighted by atomic mass is 16.4. The molecule has 0 fully saturated rings. The van der Waals surface area contributed by atoms with Crippen LogP contribution < -0.4 is 16.0 Å². The van der Waals surface area contributed by atoms with Gasteiger partial charge in [0.1, 0.15) is 12.3 Å². The van der Waals surface area contributed by atoms with Crippen LogP contribution in [0.5, 0.6) is 0 Å². The first-order chi connectivity index (χ1) is 18.6. The van der Waals surface area contributed by atoms with E-state index in [0.717, 1.165) is 17.4 Å². The minimum absolute atomic E-state index is 0.00908. The van der Waals surface area contributed by atoms with Crippen molar-refractivity contribution >= 4 is 17.9 Å². The number of hydrogen-bond donors (Lipinski definition) is 5. The predicted octanol–water partition coefficient (Wildman–Crippen LogP) is 4.00. The minimum Gasteiger partial charge on any atom is -0.465 e. The van der Waals surface area contributed by atoms with Gasteiger partial charge in [0.2, 0.25) is 11.8 Å². The molecule has 1 aromatic heterocycles. The molecule has 4 unspecified atom stereocenters. The van der Waals surface area contributed by atoms with Crippen LogP contribution in [0, 0.1) is 5.92 Å². The molecule has 10 nitrogen and oxygen atoms in total. The third kappa shape index (κ3) is 8.96. The monoisotopic (exact) mass is 536 g/mol. The van der Waals surface area contributed by atoms with Gasteiger partial charge in [-0.05, 0) is 43.2 Å². The van der Waals surface area contributed by atoms with E-state index in [1.54, 1.807) is 0 Å². The van der Waals surface area contributed by atoms with Crippen molar-refractivity contribution < 1.29 is 29.0 Å². The molecule has 0 aliphatic heterocycles. The van der Waals surface area contributed by atoms with Gasteiger partial charge in [0.05, 0.1) is 12.1 Å². The summed E-state index contributed by atoms with van der Waals surface area (Å²) in [5, 5.41) is 28.2. The summed E-state index contributed by atoms with van der Waals surface area (Å²) in [4.78, 5) is 41.3. The highest BCUT2D eigenvalue weighted by Gasteiger charge is 2.31. The lowest BCUT2D eigenvalue weighted by molar-refractivity contribution is -0.125. The van der Waals surface area contributed by atoms with Crippen molar-refractivity contribution in [2.45, 2.75) is 64.3 Å². The highest BCUT2D eigenvalue weighted by molar-refractivity contribution is 5.92. The molecule has 39 heavy (non-hydrogen) atoms. The third-order valence-corrected chi connectivity index (χ3v) is 6.27. The number of aliphatic hydroxyl groups is 1. The normalized spacial score (nSPS) is 14.2. The fourth-order valence-electron chi connectivity index (χ4n) is 4.21. The summed E-state index contributed by atoms with van der Waals surface area (Å²) in [6, 6.07) is 16.8. The Hall–Kier alpha value is -4.18. The second-order valence-electron chi connectivity index (χ2n) is 9.89. The van der Waals surface area contributed by atoms with Crippen molar-refractivity contribution in [2.75, 3.05) is 0 Å². The Morgan fingerprint density at radius 3 is 2.18 bits per heavy atom. The van der Waals surface area contributed by atoms with E-state index >= 15 is 0 Å². The summed E-state index contributed by atoms with van der Waals surface area (Å²) >= 11 is 0. The van der Waals surface area contributed by atoms with Gasteiger partial charge in [-0.1, -0.05) is 74.5 Å². The quantitative estimate of drug-likeness (QED) is 0.221. The summed E-state index contributed by atoms with van der Waals surface area (Å²) in [6.45, 7) is 5.60. The van der Waals surface area contributed by atoms with Crippen LogP contribution in [0.1, 0.15) is 73.3 Å². The Morgan fingerprint density at radius 1 is 0.923 bits per heavy atom. The van der Waals surface area contributed by atoms with Crippen molar-refractivity contribution in [2.24, 2.45) is 5.92 Å². The molecule has 208 valence electrons. The van der Waals surface area contributed by atoms with E-state index < -0.39 is 36.1 Å².